The van der Waals surface area contributed by atoms with Crippen molar-refractivity contribution in [3.63, 3.8) is 0 Å². The Hall–Kier alpha value is -3.81. The Morgan fingerprint density at radius 3 is 2.67 bits per heavy atom. The van der Waals surface area contributed by atoms with E-state index < -0.39 is 37.9 Å². The molecule has 3 unspecified atom stereocenters. The van der Waals surface area contributed by atoms with Crippen molar-refractivity contribution in [2.24, 2.45) is 0 Å². The van der Waals surface area contributed by atoms with E-state index in [-0.39, 0.29) is 23.5 Å². The second-order valence-electron chi connectivity index (χ2n) is 10.1. The molecule has 5 heterocycles. The van der Waals surface area contributed by atoms with Gasteiger partial charge in [0.05, 0.1) is 12.3 Å². The summed E-state index contributed by atoms with van der Waals surface area (Å²) in [6.07, 6.45) is -2.97. The Bertz CT molecular complexity index is 2110. The van der Waals surface area contributed by atoms with Gasteiger partial charge in [0.25, 0.3) is 13.4 Å². The van der Waals surface area contributed by atoms with Crippen molar-refractivity contribution in [3.05, 3.63) is 89.3 Å². The van der Waals surface area contributed by atoms with E-state index in [4.69, 9.17) is 18.8 Å². The van der Waals surface area contributed by atoms with E-state index in [2.05, 4.69) is 9.97 Å². The number of imidazole rings is 2. The van der Waals surface area contributed by atoms with E-state index in [0.717, 1.165) is 21.2 Å². The van der Waals surface area contributed by atoms with Crippen LogP contribution in [-0.4, -0.2) is 53.9 Å². The van der Waals surface area contributed by atoms with Crippen LogP contribution in [0.15, 0.2) is 93.8 Å². The number of benzene rings is 3. The summed E-state index contributed by atoms with van der Waals surface area (Å²) in [4.78, 5) is 39.2. The maximum atomic E-state index is 13.7. The van der Waals surface area contributed by atoms with Crippen molar-refractivity contribution < 1.29 is 28.3 Å². The maximum Gasteiger partial charge on any atom is 0.287 e. The highest BCUT2D eigenvalue weighted by Gasteiger charge is 2.51. The van der Waals surface area contributed by atoms with Crippen molar-refractivity contribution in [2.75, 3.05) is 6.61 Å². The highest BCUT2D eigenvalue weighted by Crippen LogP contribution is 2.50. The molecular formula is C28H21N5O7PS-. The number of H-pyrrole nitrogens is 1. The first-order valence-corrected chi connectivity index (χ1v) is 15.4. The summed E-state index contributed by atoms with van der Waals surface area (Å²) in [6.45, 7) is -0.309. The molecule has 0 saturated carbocycles. The molecule has 3 aromatic heterocycles. The van der Waals surface area contributed by atoms with Gasteiger partial charge in [-0.3, -0.25) is 13.9 Å². The number of fused-ring (bicyclic) bond motifs is 4. The van der Waals surface area contributed by atoms with Crippen LogP contribution in [0.2, 0.25) is 0 Å². The van der Waals surface area contributed by atoms with E-state index >= 15 is 0 Å². The Morgan fingerprint density at radius 2 is 1.83 bits per heavy atom. The van der Waals surface area contributed by atoms with Crippen molar-refractivity contribution in [2.45, 2.75) is 34.6 Å². The van der Waals surface area contributed by atoms with Gasteiger partial charge in [0.2, 0.25) is 5.78 Å². The second kappa shape index (κ2) is 9.61. The molecule has 8 rings (SSSR count). The molecular weight excluding hydrogens is 581 g/mol. The molecule has 5 atom stereocenters. The lowest BCUT2D eigenvalue weighted by Crippen LogP contribution is -2.41. The average Bonchev–Trinajstić information content (AvgIpc) is 3.67. The van der Waals surface area contributed by atoms with Gasteiger partial charge in [0.1, 0.15) is 18.3 Å². The summed E-state index contributed by atoms with van der Waals surface area (Å²) in [5, 5.41) is 13.7. The summed E-state index contributed by atoms with van der Waals surface area (Å²) in [7, 11) is -4.60. The van der Waals surface area contributed by atoms with Crippen LogP contribution in [0.3, 0.4) is 0 Å². The molecule has 2 aliphatic rings. The predicted molar refractivity (Wildman–Crippen MR) is 151 cm³/mol. The minimum Gasteiger partial charge on any atom is -0.756 e. The van der Waals surface area contributed by atoms with Gasteiger partial charge in [-0.2, -0.15) is 4.98 Å². The lowest BCUT2D eigenvalue weighted by atomic mass is 10.1. The quantitative estimate of drug-likeness (QED) is 0.287. The highest BCUT2D eigenvalue weighted by atomic mass is 32.2. The van der Waals surface area contributed by atoms with Gasteiger partial charge in [-0.1, -0.05) is 72.4 Å². The number of aromatic amines is 1. The predicted octanol–water partition coefficient (Wildman–Crippen LogP) is 3.49. The number of ether oxygens (including phenoxy) is 1. The smallest absolute Gasteiger partial charge is 0.287 e. The Balaban J connectivity index is 1.29. The van der Waals surface area contributed by atoms with E-state index in [9.17, 15) is 19.4 Å². The fourth-order valence-electron chi connectivity index (χ4n) is 5.45. The number of rotatable bonds is 4. The number of aromatic nitrogens is 5. The number of nitrogens with one attached hydrogen (secondary N) is 1. The normalized spacial score (nSPS) is 25.9. The fourth-order valence-corrected chi connectivity index (χ4v) is 7.36. The summed E-state index contributed by atoms with van der Waals surface area (Å²) >= 11 is 1.27. The largest absolute Gasteiger partial charge is 0.756 e. The molecule has 0 radical (unpaired) electrons. The zero-order valence-corrected chi connectivity index (χ0v) is 23.3. The first-order valence-electron chi connectivity index (χ1n) is 13.1. The van der Waals surface area contributed by atoms with Gasteiger partial charge < -0.3 is 28.8 Å². The minimum atomic E-state index is -4.60. The van der Waals surface area contributed by atoms with Gasteiger partial charge in [0.15, 0.2) is 22.5 Å². The van der Waals surface area contributed by atoms with Crippen LogP contribution in [0.5, 0.6) is 0 Å². The molecule has 6 aromatic rings. The molecule has 0 bridgehead atoms. The van der Waals surface area contributed by atoms with Gasteiger partial charge in [-0.25, -0.2) is 9.38 Å². The van der Waals surface area contributed by atoms with Gasteiger partial charge in [0, 0.05) is 11.1 Å². The summed E-state index contributed by atoms with van der Waals surface area (Å²) in [5.41, 5.74) is 1.37. The second-order valence-corrected chi connectivity index (χ2v) is 12.5. The van der Waals surface area contributed by atoms with Crippen molar-refractivity contribution >= 4 is 47.3 Å². The van der Waals surface area contributed by atoms with Crippen LogP contribution in [0.1, 0.15) is 6.23 Å². The standard InChI is InChI=1S/C28H22N5O7PS/c34-22-23-20(14-38-41(36,37)40-23)39-26(22)33-24-21(30-28(33)42-18-11-10-15-6-4-5-9-17(15)12-18)25(35)32-13-19(29-27(32)31-24)16-7-2-1-3-8-16/h1-13,20,22-23,26,34H,14H2,(H,29,31)(H,36,37)/p-1/t20?,22?,23-,26-/m1/s1. The number of aliphatic hydroxyl groups is 1. The third-order valence-electron chi connectivity index (χ3n) is 7.45. The highest BCUT2D eigenvalue weighted by molar-refractivity contribution is 7.99. The number of nitrogens with zero attached hydrogens (tertiary/aromatic N) is 4. The van der Waals surface area contributed by atoms with Crippen LogP contribution in [0.4, 0.5) is 0 Å². The molecule has 0 aliphatic carbocycles. The van der Waals surface area contributed by atoms with Gasteiger partial charge in [-0.15, -0.1) is 0 Å². The zero-order chi connectivity index (χ0) is 28.6. The van der Waals surface area contributed by atoms with Crippen LogP contribution < -0.4 is 10.5 Å². The molecule has 2 aliphatic heterocycles. The first kappa shape index (κ1) is 25.9. The third-order valence-corrected chi connectivity index (χ3v) is 9.37. The molecule has 2 N–H and O–H groups in total. The summed E-state index contributed by atoms with van der Waals surface area (Å²) < 4.78 is 30.9. The number of phosphoric ester groups is 1. The fraction of sp³-hybridized carbons (Fsp3) is 0.179. The third kappa shape index (κ3) is 4.21. The average molecular weight is 603 g/mol. The molecule has 12 nitrogen and oxygen atoms in total. The van der Waals surface area contributed by atoms with Crippen LogP contribution in [0, 0.1) is 0 Å². The lowest BCUT2D eigenvalue weighted by molar-refractivity contribution is -0.245. The van der Waals surface area contributed by atoms with Crippen LogP contribution in [0.25, 0.3) is 39.0 Å². The number of phosphoric acid groups is 1. The molecule has 2 fully saturated rings. The SMILES string of the molecule is O=c1c2nc(Sc3ccc4ccccc4c3)n([C@@H]3OC4COP(=O)([O-])O[C@H]4C3O)c2nc2[nH]c(-c3ccccc3)cn12. The molecule has 2 saturated heterocycles. The van der Waals surface area contributed by atoms with E-state index in [0.29, 0.717) is 10.9 Å². The van der Waals surface area contributed by atoms with E-state index in [1.165, 1.54) is 20.7 Å². The minimum absolute atomic E-state index is 0.0618. The van der Waals surface area contributed by atoms with E-state index in [1.807, 2.05) is 72.8 Å². The Kier molecular flexibility index (Phi) is 5.92. The molecule has 0 spiro atoms. The van der Waals surface area contributed by atoms with E-state index in [1.54, 1.807) is 6.20 Å². The molecule has 42 heavy (non-hydrogen) atoms. The Labute approximate surface area is 241 Å². The van der Waals surface area contributed by atoms with Crippen molar-refractivity contribution in [3.8, 4) is 11.3 Å². The topological polar surface area (TPSA) is 156 Å². The van der Waals surface area contributed by atoms with Gasteiger partial charge >= 0.3 is 0 Å². The molecule has 212 valence electrons. The maximum absolute atomic E-state index is 13.7. The van der Waals surface area contributed by atoms with Crippen molar-refractivity contribution in [1.29, 1.82) is 0 Å². The first-order chi connectivity index (χ1) is 20.3. The number of hydrogen-bond acceptors (Lipinski definition) is 10. The zero-order valence-electron chi connectivity index (χ0n) is 21.6. The monoisotopic (exact) mass is 602 g/mol. The number of hydrogen-bond donors (Lipinski definition) is 2. The van der Waals surface area contributed by atoms with Crippen LogP contribution in [-0.2, 0) is 18.3 Å². The molecule has 3 aromatic carbocycles. The van der Waals surface area contributed by atoms with Crippen molar-refractivity contribution in [1.82, 2.24) is 23.9 Å². The number of aliphatic hydroxyl groups excluding tert-OH is 1. The van der Waals surface area contributed by atoms with Gasteiger partial charge in [-0.05, 0) is 28.5 Å². The van der Waals surface area contributed by atoms with Crippen LogP contribution >= 0.6 is 19.6 Å². The lowest BCUT2D eigenvalue weighted by Gasteiger charge is -2.34. The molecule has 0 amide bonds. The summed E-state index contributed by atoms with van der Waals surface area (Å²) in [6, 6.07) is 23.3. The summed E-state index contributed by atoms with van der Waals surface area (Å²) in [5.74, 6) is 0.267. The Morgan fingerprint density at radius 1 is 1.05 bits per heavy atom. The molecule has 14 heteroatoms.